The lowest BCUT2D eigenvalue weighted by Crippen LogP contribution is -2.32. The van der Waals surface area contributed by atoms with E-state index in [0.717, 1.165) is 25.9 Å². The molecule has 3 amide bonds. The molecule has 0 aromatic rings. The van der Waals surface area contributed by atoms with Crippen molar-refractivity contribution in [1.29, 1.82) is 0 Å². The number of rotatable bonds is 3. The Morgan fingerprint density at radius 1 is 1.40 bits per heavy atom. The first-order valence-corrected chi connectivity index (χ1v) is 5.24. The van der Waals surface area contributed by atoms with Crippen molar-refractivity contribution in [1.82, 2.24) is 15.5 Å². The maximum atomic E-state index is 11.3. The molecule has 0 unspecified atom stereocenters. The normalized spacial score (nSPS) is 21.6. The van der Waals surface area contributed by atoms with E-state index in [1.165, 1.54) is 10.5 Å². The highest BCUT2D eigenvalue weighted by Gasteiger charge is 2.27. The Balaban J connectivity index is 1.84. The van der Waals surface area contributed by atoms with Gasteiger partial charge in [-0.15, -0.1) is 0 Å². The van der Waals surface area contributed by atoms with Crippen molar-refractivity contribution in [3.05, 3.63) is 11.6 Å². The van der Waals surface area contributed by atoms with Crippen LogP contribution < -0.4 is 10.6 Å². The van der Waals surface area contributed by atoms with Crippen LogP contribution in [0.5, 0.6) is 0 Å². The highest BCUT2D eigenvalue weighted by Crippen LogP contribution is 2.11. The number of urea groups is 1. The predicted octanol–water partition coefficient (Wildman–Crippen LogP) is -0.152. The summed E-state index contributed by atoms with van der Waals surface area (Å²) in [6.07, 6.45) is 3.96. The van der Waals surface area contributed by atoms with Gasteiger partial charge in [0.1, 0.15) is 0 Å². The molecule has 5 heteroatoms. The van der Waals surface area contributed by atoms with Gasteiger partial charge in [-0.05, 0) is 19.4 Å². The first kappa shape index (κ1) is 10.2. The van der Waals surface area contributed by atoms with Crippen LogP contribution in [-0.4, -0.2) is 43.0 Å². The summed E-state index contributed by atoms with van der Waals surface area (Å²) in [7, 11) is 0. The summed E-state index contributed by atoms with van der Waals surface area (Å²) in [5, 5.41) is 5.74. The molecule has 0 saturated carbocycles. The summed E-state index contributed by atoms with van der Waals surface area (Å²) < 4.78 is 0. The Morgan fingerprint density at radius 3 is 2.87 bits per heavy atom. The third-order valence-electron chi connectivity index (χ3n) is 2.75. The highest BCUT2D eigenvalue weighted by atomic mass is 16.2. The molecular formula is C10H15N3O2. The second-order valence-electron chi connectivity index (χ2n) is 3.77. The molecule has 2 aliphatic heterocycles. The molecule has 1 fully saturated rings. The number of hydrogen-bond acceptors (Lipinski definition) is 3. The molecule has 2 aliphatic rings. The van der Waals surface area contributed by atoms with Gasteiger partial charge in [0.2, 0.25) is 5.91 Å². The maximum absolute atomic E-state index is 11.3. The van der Waals surface area contributed by atoms with Crippen LogP contribution in [0.25, 0.3) is 0 Å². The number of carbonyl (C=O) groups is 2. The lowest BCUT2D eigenvalue weighted by atomic mass is 10.1. The molecule has 0 aromatic heterocycles. The van der Waals surface area contributed by atoms with Gasteiger partial charge in [-0.2, -0.15) is 0 Å². The first-order chi connectivity index (χ1) is 7.27. The highest BCUT2D eigenvalue weighted by molar-refractivity contribution is 6.01. The molecule has 2 rings (SSSR count). The molecule has 1 saturated heterocycles. The number of hydrogen-bond donors (Lipinski definition) is 2. The summed E-state index contributed by atoms with van der Waals surface area (Å²) in [6, 6.07) is -0.255. The molecule has 15 heavy (non-hydrogen) atoms. The zero-order chi connectivity index (χ0) is 10.7. The third kappa shape index (κ3) is 2.36. The summed E-state index contributed by atoms with van der Waals surface area (Å²) in [6.45, 7) is 2.55. The fourth-order valence-electron chi connectivity index (χ4n) is 1.83. The van der Waals surface area contributed by atoms with Crippen molar-refractivity contribution < 1.29 is 9.59 Å². The van der Waals surface area contributed by atoms with Gasteiger partial charge >= 0.3 is 6.03 Å². The zero-order valence-electron chi connectivity index (χ0n) is 8.58. The van der Waals surface area contributed by atoms with Crippen molar-refractivity contribution in [3.8, 4) is 0 Å². The molecule has 0 aromatic carbocycles. The van der Waals surface area contributed by atoms with E-state index in [-0.39, 0.29) is 18.5 Å². The minimum Gasteiger partial charge on any atom is -0.329 e. The standard InChI is InChI=1S/C10H15N3O2/c14-9-7-12-10(15)13(9)6-3-8-1-4-11-5-2-8/h1,11H,2-7H2,(H,12,15). The minimum absolute atomic E-state index is 0.116. The molecule has 0 bridgehead atoms. The topological polar surface area (TPSA) is 61.4 Å². The lowest BCUT2D eigenvalue weighted by Gasteiger charge is -2.17. The van der Waals surface area contributed by atoms with Crippen molar-refractivity contribution in [3.63, 3.8) is 0 Å². The molecule has 2 N–H and O–H groups in total. The van der Waals surface area contributed by atoms with Gasteiger partial charge in [0.25, 0.3) is 0 Å². The molecular weight excluding hydrogens is 194 g/mol. The van der Waals surface area contributed by atoms with E-state index in [4.69, 9.17) is 0 Å². The Kier molecular flexibility index (Phi) is 3.01. The van der Waals surface area contributed by atoms with Crippen LogP contribution in [-0.2, 0) is 4.79 Å². The van der Waals surface area contributed by atoms with Crippen LogP contribution in [0.2, 0.25) is 0 Å². The Labute approximate surface area is 88.5 Å². The Morgan fingerprint density at radius 2 is 2.27 bits per heavy atom. The maximum Gasteiger partial charge on any atom is 0.324 e. The van der Waals surface area contributed by atoms with E-state index in [1.807, 2.05) is 0 Å². The monoisotopic (exact) mass is 209 g/mol. The van der Waals surface area contributed by atoms with Crippen LogP contribution in [0.1, 0.15) is 12.8 Å². The number of nitrogens with zero attached hydrogens (tertiary/aromatic N) is 1. The third-order valence-corrected chi connectivity index (χ3v) is 2.75. The average Bonchev–Trinajstić information content (AvgIpc) is 2.58. The van der Waals surface area contributed by atoms with E-state index >= 15 is 0 Å². The SMILES string of the molecule is O=C1CNC(=O)N1CCC1=CCNCC1. The number of carbonyl (C=O) groups excluding carboxylic acids is 2. The van der Waals surface area contributed by atoms with E-state index in [0.29, 0.717) is 6.54 Å². The quantitative estimate of drug-likeness (QED) is 0.502. The molecule has 0 spiro atoms. The van der Waals surface area contributed by atoms with Gasteiger partial charge in [0, 0.05) is 13.1 Å². The predicted molar refractivity (Wildman–Crippen MR) is 55.3 cm³/mol. The van der Waals surface area contributed by atoms with Gasteiger partial charge in [0.15, 0.2) is 0 Å². The molecule has 2 heterocycles. The second kappa shape index (κ2) is 4.44. The molecule has 82 valence electrons. The van der Waals surface area contributed by atoms with Crippen LogP contribution in [0.4, 0.5) is 4.79 Å². The van der Waals surface area contributed by atoms with Crippen LogP contribution in [0.15, 0.2) is 11.6 Å². The Bertz CT molecular complexity index is 296. The zero-order valence-corrected chi connectivity index (χ0v) is 8.58. The molecule has 0 atom stereocenters. The summed E-state index contributed by atoms with van der Waals surface area (Å²) in [5.74, 6) is -0.116. The van der Waals surface area contributed by atoms with Gasteiger partial charge in [-0.1, -0.05) is 11.6 Å². The van der Waals surface area contributed by atoms with Crippen molar-refractivity contribution >= 4 is 11.9 Å². The molecule has 0 radical (unpaired) electrons. The van der Waals surface area contributed by atoms with Gasteiger partial charge in [0.05, 0.1) is 6.54 Å². The summed E-state index contributed by atoms with van der Waals surface area (Å²) in [4.78, 5) is 23.8. The summed E-state index contributed by atoms with van der Waals surface area (Å²) in [5.41, 5.74) is 1.33. The minimum atomic E-state index is -0.255. The van der Waals surface area contributed by atoms with Gasteiger partial charge in [-0.3, -0.25) is 9.69 Å². The van der Waals surface area contributed by atoms with Crippen LogP contribution in [0.3, 0.4) is 0 Å². The Hall–Kier alpha value is -1.36. The lowest BCUT2D eigenvalue weighted by molar-refractivity contribution is -0.124. The van der Waals surface area contributed by atoms with Crippen molar-refractivity contribution in [2.24, 2.45) is 0 Å². The average molecular weight is 209 g/mol. The largest absolute Gasteiger partial charge is 0.329 e. The number of nitrogens with one attached hydrogen (secondary N) is 2. The summed E-state index contributed by atoms with van der Waals surface area (Å²) >= 11 is 0. The smallest absolute Gasteiger partial charge is 0.324 e. The van der Waals surface area contributed by atoms with Gasteiger partial charge in [-0.25, -0.2) is 4.79 Å². The van der Waals surface area contributed by atoms with Crippen molar-refractivity contribution in [2.45, 2.75) is 12.8 Å². The molecule has 0 aliphatic carbocycles. The fourth-order valence-corrected chi connectivity index (χ4v) is 1.83. The number of imide groups is 1. The van der Waals surface area contributed by atoms with Gasteiger partial charge < -0.3 is 10.6 Å². The van der Waals surface area contributed by atoms with Crippen LogP contribution >= 0.6 is 0 Å². The van der Waals surface area contributed by atoms with E-state index in [2.05, 4.69) is 16.7 Å². The molecule has 5 nitrogen and oxygen atoms in total. The van der Waals surface area contributed by atoms with E-state index < -0.39 is 0 Å². The van der Waals surface area contributed by atoms with E-state index in [9.17, 15) is 9.59 Å². The van der Waals surface area contributed by atoms with E-state index in [1.54, 1.807) is 0 Å². The van der Waals surface area contributed by atoms with Crippen molar-refractivity contribution in [2.75, 3.05) is 26.2 Å². The second-order valence-corrected chi connectivity index (χ2v) is 3.77. The number of amides is 3. The fraction of sp³-hybridized carbons (Fsp3) is 0.600. The first-order valence-electron chi connectivity index (χ1n) is 5.24. The van der Waals surface area contributed by atoms with Crippen LogP contribution in [0, 0.1) is 0 Å².